The Hall–Kier alpha value is -1.47. The van der Waals surface area contributed by atoms with E-state index >= 15 is 0 Å². The third-order valence-electron chi connectivity index (χ3n) is 4.37. The lowest BCUT2D eigenvalue weighted by molar-refractivity contribution is 0.223. The summed E-state index contributed by atoms with van der Waals surface area (Å²) in [6.45, 7) is 5.56. The molecule has 3 nitrogen and oxygen atoms in total. The van der Waals surface area contributed by atoms with Crippen LogP contribution in [0.2, 0.25) is 0 Å². The Labute approximate surface area is 138 Å². The predicted octanol–water partition coefficient (Wildman–Crippen LogP) is 4.81. The minimum atomic E-state index is 0.259. The summed E-state index contributed by atoms with van der Waals surface area (Å²) in [4.78, 5) is 4.48. The van der Waals surface area contributed by atoms with Crippen molar-refractivity contribution in [3.05, 3.63) is 30.1 Å². The molecule has 0 aliphatic rings. The second-order valence-corrected chi connectivity index (χ2v) is 6.88. The van der Waals surface area contributed by atoms with E-state index in [2.05, 4.69) is 42.1 Å². The summed E-state index contributed by atoms with van der Waals surface area (Å²) in [5.74, 6) is 0.935. The van der Waals surface area contributed by atoms with E-state index in [1.54, 1.807) is 0 Å². The van der Waals surface area contributed by atoms with Gasteiger partial charge < -0.3 is 4.57 Å². The highest BCUT2D eigenvalue weighted by Crippen LogP contribution is 2.33. The van der Waals surface area contributed by atoms with Crippen LogP contribution in [0.25, 0.3) is 11.0 Å². The summed E-state index contributed by atoms with van der Waals surface area (Å²) in [6, 6.07) is 7.92. The number of benzene rings is 1. The average Bonchev–Trinajstić information content (AvgIpc) is 2.93. The van der Waals surface area contributed by atoms with Crippen molar-refractivity contribution in [1.82, 2.24) is 9.55 Å². The molecule has 0 aliphatic heterocycles. The van der Waals surface area contributed by atoms with Gasteiger partial charge >= 0.3 is 0 Å². The van der Waals surface area contributed by atoms with E-state index < -0.39 is 0 Å². The van der Waals surface area contributed by atoms with Crippen LogP contribution in [0.3, 0.4) is 0 Å². The van der Waals surface area contributed by atoms with Crippen LogP contribution in [0.4, 0.5) is 0 Å². The highest BCUT2D eigenvalue weighted by Gasteiger charge is 2.24. The Balaban J connectivity index is 2.27. The first-order valence-corrected chi connectivity index (χ1v) is 8.71. The molecule has 2 aromatic rings. The molecule has 0 N–H and O–H groups in total. The molecule has 0 spiro atoms. The number of thiol groups is 1. The number of hydrogen-bond acceptors (Lipinski definition) is 3. The van der Waals surface area contributed by atoms with Gasteiger partial charge in [0.15, 0.2) is 0 Å². The molecule has 4 heteroatoms. The van der Waals surface area contributed by atoms with Gasteiger partial charge in [-0.1, -0.05) is 26.7 Å². The molecule has 0 saturated carbocycles. The summed E-state index contributed by atoms with van der Waals surface area (Å²) in [5.41, 5.74) is 2.98. The summed E-state index contributed by atoms with van der Waals surface area (Å²) < 4.78 is 2.21. The van der Waals surface area contributed by atoms with Crippen molar-refractivity contribution in [2.24, 2.45) is 5.41 Å². The fraction of sp³-hybridized carbons (Fsp3) is 0.556. The van der Waals surface area contributed by atoms with E-state index in [9.17, 15) is 0 Å². The zero-order valence-corrected chi connectivity index (χ0v) is 14.4. The Kier molecular flexibility index (Phi) is 5.90. The van der Waals surface area contributed by atoms with E-state index in [1.807, 2.05) is 24.5 Å². The second-order valence-electron chi connectivity index (χ2n) is 6.43. The van der Waals surface area contributed by atoms with Crippen LogP contribution in [0.5, 0.6) is 0 Å². The number of hydrogen-bond donors (Lipinski definition) is 1. The molecule has 0 radical (unpaired) electrons. The number of unbranched alkanes of at least 4 members (excludes halogenated alkanes) is 1. The molecule has 22 heavy (non-hydrogen) atoms. The summed E-state index contributed by atoms with van der Waals surface area (Å²) in [6.07, 6.45) is 7.91. The maximum Gasteiger partial charge on any atom is 0.0992 e. The molecule has 1 unspecified atom stereocenters. The van der Waals surface area contributed by atoms with Gasteiger partial charge in [0.25, 0.3) is 0 Å². The van der Waals surface area contributed by atoms with Crippen LogP contribution in [-0.2, 0) is 6.54 Å². The SMILES string of the molecule is CCCCC(C)(CCCS)Cn1cnc2ccc(C#N)cc21. The summed E-state index contributed by atoms with van der Waals surface area (Å²) in [7, 11) is 0. The summed E-state index contributed by atoms with van der Waals surface area (Å²) >= 11 is 4.37. The summed E-state index contributed by atoms with van der Waals surface area (Å²) in [5, 5.41) is 9.10. The lowest BCUT2D eigenvalue weighted by Gasteiger charge is -2.30. The minimum Gasteiger partial charge on any atom is -0.330 e. The molecule has 0 saturated heterocycles. The zero-order valence-electron chi connectivity index (χ0n) is 13.5. The number of rotatable bonds is 8. The van der Waals surface area contributed by atoms with E-state index in [-0.39, 0.29) is 5.41 Å². The average molecular weight is 315 g/mol. The molecule has 118 valence electrons. The van der Waals surface area contributed by atoms with Gasteiger partial charge in [-0.05, 0) is 48.6 Å². The maximum atomic E-state index is 9.10. The standard InChI is InChI=1S/C18H25N3S/c1-3-4-8-18(2,9-5-10-22)13-21-14-20-16-7-6-15(12-19)11-17(16)21/h6-7,11,14,22H,3-5,8-10,13H2,1-2H3. The molecular weight excluding hydrogens is 290 g/mol. The quantitative estimate of drug-likeness (QED) is 0.710. The topological polar surface area (TPSA) is 41.6 Å². The molecule has 0 amide bonds. The van der Waals surface area contributed by atoms with Crippen LogP contribution in [0.15, 0.2) is 24.5 Å². The van der Waals surface area contributed by atoms with Crippen molar-refractivity contribution < 1.29 is 0 Å². The van der Waals surface area contributed by atoms with Crippen LogP contribution in [-0.4, -0.2) is 15.3 Å². The lowest BCUT2D eigenvalue weighted by atomic mass is 9.80. The van der Waals surface area contributed by atoms with Crippen molar-refractivity contribution in [1.29, 1.82) is 5.26 Å². The molecule has 1 atom stereocenters. The Morgan fingerprint density at radius 3 is 2.77 bits per heavy atom. The van der Waals surface area contributed by atoms with Crippen LogP contribution in [0, 0.1) is 16.7 Å². The van der Waals surface area contributed by atoms with Gasteiger partial charge in [-0.25, -0.2) is 4.98 Å². The normalized spacial score (nSPS) is 13.9. The van der Waals surface area contributed by atoms with E-state index in [4.69, 9.17) is 5.26 Å². The monoisotopic (exact) mass is 315 g/mol. The molecule has 1 aromatic heterocycles. The second kappa shape index (κ2) is 7.69. The van der Waals surface area contributed by atoms with E-state index in [0.29, 0.717) is 5.56 Å². The molecule has 1 heterocycles. The van der Waals surface area contributed by atoms with E-state index in [0.717, 1.165) is 29.8 Å². The molecule has 2 rings (SSSR count). The smallest absolute Gasteiger partial charge is 0.0992 e. The maximum absolute atomic E-state index is 9.10. The number of aromatic nitrogens is 2. The van der Waals surface area contributed by atoms with Crippen molar-refractivity contribution in [3.8, 4) is 6.07 Å². The largest absolute Gasteiger partial charge is 0.330 e. The molecule has 0 fully saturated rings. The first-order valence-electron chi connectivity index (χ1n) is 8.08. The molecule has 0 bridgehead atoms. The fourth-order valence-corrected chi connectivity index (χ4v) is 3.21. The Morgan fingerprint density at radius 2 is 2.09 bits per heavy atom. The number of nitrogens with zero attached hydrogens (tertiary/aromatic N) is 3. The predicted molar refractivity (Wildman–Crippen MR) is 95.2 cm³/mol. The zero-order chi connectivity index (χ0) is 16.0. The highest BCUT2D eigenvalue weighted by atomic mass is 32.1. The highest BCUT2D eigenvalue weighted by molar-refractivity contribution is 7.80. The lowest BCUT2D eigenvalue weighted by Crippen LogP contribution is -2.23. The van der Waals surface area contributed by atoms with Crippen LogP contribution in [0.1, 0.15) is 51.5 Å². The van der Waals surface area contributed by atoms with Gasteiger partial charge in [-0.15, -0.1) is 0 Å². The van der Waals surface area contributed by atoms with Crippen molar-refractivity contribution >= 4 is 23.7 Å². The van der Waals surface area contributed by atoms with Gasteiger partial charge in [0.05, 0.1) is 29.0 Å². The van der Waals surface area contributed by atoms with Crippen molar-refractivity contribution in [2.45, 2.75) is 52.5 Å². The number of fused-ring (bicyclic) bond motifs is 1. The minimum absolute atomic E-state index is 0.259. The van der Waals surface area contributed by atoms with E-state index in [1.165, 1.54) is 25.7 Å². The number of imidazole rings is 1. The third kappa shape index (κ3) is 4.04. The Bertz CT molecular complexity index is 646. The third-order valence-corrected chi connectivity index (χ3v) is 4.69. The molecule has 0 aliphatic carbocycles. The first-order chi connectivity index (χ1) is 10.6. The fourth-order valence-electron chi connectivity index (χ4n) is 3.06. The van der Waals surface area contributed by atoms with Gasteiger partial charge in [-0.2, -0.15) is 17.9 Å². The molecule has 1 aromatic carbocycles. The first kappa shape index (κ1) is 16.9. The van der Waals surface area contributed by atoms with Gasteiger partial charge in [0.2, 0.25) is 0 Å². The van der Waals surface area contributed by atoms with Crippen molar-refractivity contribution in [3.63, 3.8) is 0 Å². The Morgan fingerprint density at radius 1 is 1.32 bits per heavy atom. The number of nitriles is 1. The molecular formula is C18H25N3S. The van der Waals surface area contributed by atoms with Gasteiger partial charge in [0, 0.05) is 6.54 Å². The van der Waals surface area contributed by atoms with Gasteiger partial charge in [-0.3, -0.25) is 0 Å². The van der Waals surface area contributed by atoms with Crippen molar-refractivity contribution in [2.75, 3.05) is 5.75 Å². The van der Waals surface area contributed by atoms with Crippen LogP contribution < -0.4 is 0 Å². The van der Waals surface area contributed by atoms with Gasteiger partial charge in [0.1, 0.15) is 0 Å². The van der Waals surface area contributed by atoms with Crippen LogP contribution >= 0.6 is 12.6 Å².